The summed E-state index contributed by atoms with van der Waals surface area (Å²) in [5.41, 5.74) is 8.18. The summed E-state index contributed by atoms with van der Waals surface area (Å²) in [4.78, 5) is 20.1. The highest BCUT2D eigenvalue weighted by Crippen LogP contribution is 2.25. The van der Waals surface area contributed by atoms with Crippen molar-refractivity contribution >= 4 is 11.6 Å². The first-order valence-electron chi connectivity index (χ1n) is 10.8. The van der Waals surface area contributed by atoms with E-state index in [9.17, 15) is 9.18 Å². The van der Waals surface area contributed by atoms with E-state index in [-0.39, 0.29) is 23.5 Å². The van der Waals surface area contributed by atoms with Crippen LogP contribution in [0.1, 0.15) is 25.7 Å². The number of nitrogens with two attached hydrogens (primary N) is 1. The van der Waals surface area contributed by atoms with Gasteiger partial charge in [-0.1, -0.05) is 25.0 Å². The molecular formula is C23H28FN7O. The van der Waals surface area contributed by atoms with Crippen molar-refractivity contribution in [3.63, 3.8) is 0 Å². The van der Waals surface area contributed by atoms with Gasteiger partial charge in [-0.3, -0.25) is 4.79 Å². The summed E-state index contributed by atoms with van der Waals surface area (Å²) in [5.74, 6) is -0.970. The lowest BCUT2D eigenvalue weighted by atomic mass is 9.90. The van der Waals surface area contributed by atoms with Gasteiger partial charge in [0.2, 0.25) is 5.91 Å². The number of amides is 1. The second-order valence-electron chi connectivity index (χ2n) is 8.05. The number of aromatic nitrogens is 2. The number of halogens is 1. The van der Waals surface area contributed by atoms with Crippen LogP contribution in [0.3, 0.4) is 0 Å². The van der Waals surface area contributed by atoms with Gasteiger partial charge in [-0.2, -0.15) is 0 Å². The van der Waals surface area contributed by atoms with Gasteiger partial charge in [0.1, 0.15) is 18.3 Å². The molecule has 1 unspecified atom stereocenters. The first kappa shape index (κ1) is 21.8. The average Bonchev–Trinajstić information content (AvgIpc) is 2.82. The molecule has 1 aliphatic heterocycles. The quantitative estimate of drug-likeness (QED) is 0.451. The number of allylic oxidation sites excluding steroid dienone is 2. The minimum Gasteiger partial charge on any atom is -0.366 e. The molecule has 1 fully saturated rings. The van der Waals surface area contributed by atoms with E-state index in [0.717, 1.165) is 42.5 Å². The van der Waals surface area contributed by atoms with Crippen molar-refractivity contribution in [3.8, 4) is 11.1 Å². The summed E-state index contributed by atoms with van der Waals surface area (Å²) in [6.45, 7) is 0. The number of hydrogen-bond donors (Lipinski definition) is 5. The fourth-order valence-electron chi connectivity index (χ4n) is 4.26. The number of nitrogens with one attached hydrogen (secondary N) is 4. The Morgan fingerprint density at radius 3 is 2.59 bits per heavy atom. The van der Waals surface area contributed by atoms with Crippen LogP contribution in [-0.4, -0.2) is 41.2 Å². The maximum absolute atomic E-state index is 14.9. The Morgan fingerprint density at radius 1 is 1.12 bits per heavy atom. The number of anilines is 1. The molecule has 1 saturated carbocycles. The first-order chi connectivity index (χ1) is 15.5. The van der Waals surface area contributed by atoms with E-state index in [1.807, 2.05) is 31.3 Å². The molecule has 2 aromatic rings. The summed E-state index contributed by atoms with van der Waals surface area (Å²) in [5, 5.41) is 13.0. The Kier molecular flexibility index (Phi) is 6.65. The van der Waals surface area contributed by atoms with Gasteiger partial charge in [-0.15, -0.1) is 0 Å². The molecule has 0 spiro atoms. The number of primary amides is 1. The van der Waals surface area contributed by atoms with E-state index in [1.54, 1.807) is 12.4 Å². The predicted octanol–water partition coefficient (Wildman–Crippen LogP) is 2.16. The smallest absolute Gasteiger partial charge is 0.248 e. The van der Waals surface area contributed by atoms with Gasteiger partial charge >= 0.3 is 0 Å². The summed E-state index contributed by atoms with van der Waals surface area (Å²) < 4.78 is 14.9. The number of nitrogens with zero attached hydrogens (tertiary/aromatic N) is 2. The lowest BCUT2D eigenvalue weighted by Crippen LogP contribution is -2.53. The minimum absolute atomic E-state index is 0.0904. The fourth-order valence-corrected chi connectivity index (χ4v) is 4.26. The zero-order valence-electron chi connectivity index (χ0n) is 17.9. The van der Waals surface area contributed by atoms with Crippen LogP contribution in [0.4, 0.5) is 10.1 Å². The summed E-state index contributed by atoms with van der Waals surface area (Å²) >= 11 is 0. The van der Waals surface area contributed by atoms with Crippen LogP contribution >= 0.6 is 0 Å². The highest BCUT2D eigenvalue weighted by atomic mass is 19.1. The molecule has 6 N–H and O–H groups in total. The minimum atomic E-state index is -0.692. The van der Waals surface area contributed by atoms with Gasteiger partial charge in [0, 0.05) is 35.7 Å². The Morgan fingerprint density at radius 2 is 1.88 bits per heavy atom. The molecule has 0 saturated heterocycles. The Bertz CT molecular complexity index is 1020. The van der Waals surface area contributed by atoms with Gasteiger partial charge in [0.25, 0.3) is 0 Å². The number of rotatable bonds is 7. The van der Waals surface area contributed by atoms with Crippen LogP contribution in [0.25, 0.3) is 11.1 Å². The van der Waals surface area contributed by atoms with Crippen molar-refractivity contribution in [2.24, 2.45) is 5.73 Å². The van der Waals surface area contributed by atoms with Crippen molar-refractivity contribution in [2.45, 2.75) is 43.9 Å². The molecule has 1 aliphatic carbocycles. The molecule has 2 heterocycles. The second kappa shape index (κ2) is 9.78. The predicted molar refractivity (Wildman–Crippen MR) is 122 cm³/mol. The zero-order chi connectivity index (χ0) is 22.5. The van der Waals surface area contributed by atoms with Crippen LogP contribution in [0.5, 0.6) is 0 Å². The van der Waals surface area contributed by atoms with Gasteiger partial charge in [-0.05, 0) is 43.7 Å². The molecule has 8 nitrogen and oxygen atoms in total. The normalized spacial score (nSPS) is 23.2. The number of carbonyl (C=O) groups excluding carboxylic acids is 1. The molecular weight excluding hydrogens is 409 g/mol. The molecule has 2 aliphatic rings. The van der Waals surface area contributed by atoms with E-state index >= 15 is 0 Å². The van der Waals surface area contributed by atoms with Crippen molar-refractivity contribution in [1.82, 2.24) is 25.9 Å². The van der Waals surface area contributed by atoms with E-state index in [4.69, 9.17) is 5.73 Å². The molecule has 0 radical (unpaired) electrons. The molecule has 1 amide bonds. The second-order valence-corrected chi connectivity index (χ2v) is 8.05. The summed E-state index contributed by atoms with van der Waals surface area (Å²) in [7, 11) is 1.92. The lowest BCUT2D eigenvalue weighted by molar-refractivity contribution is -0.114. The Hall–Kier alpha value is -3.46. The number of hydrogen-bond acceptors (Lipinski definition) is 7. The maximum atomic E-state index is 14.9. The molecule has 32 heavy (non-hydrogen) atoms. The third-order valence-corrected chi connectivity index (χ3v) is 5.94. The van der Waals surface area contributed by atoms with E-state index < -0.39 is 17.9 Å². The van der Waals surface area contributed by atoms with Crippen LogP contribution in [0, 0.1) is 0 Å². The monoisotopic (exact) mass is 437 g/mol. The highest BCUT2D eigenvalue weighted by molar-refractivity contribution is 5.94. The highest BCUT2D eigenvalue weighted by Gasteiger charge is 2.30. The lowest BCUT2D eigenvalue weighted by Gasteiger charge is -2.36. The SMILES string of the molecule is CN[C@H]1CCCC[C@H]1NC1=C(F)C=C(C(N)=O)C(Nc2cccc(-c3cncnc3)c2)N1. The van der Waals surface area contributed by atoms with E-state index in [1.165, 1.54) is 12.4 Å². The van der Waals surface area contributed by atoms with Crippen molar-refractivity contribution in [3.05, 3.63) is 66.3 Å². The molecule has 1 aromatic carbocycles. The average molecular weight is 438 g/mol. The number of dihydropyridines is 1. The van der Waals surface area contributed by atoms with E-state index in [0.29, 0.717) is 0 Å². The fraction of sp³-hybridized carbons (Fsp3) is 0.348. The van der Waals surface area contributed by atoms with Gasteiger partial charge < -0.3 is 27.0 Å². The largest absolute Gasteiger partial charge is 0.366 e. The number of carbonyl (C=O) groups is 1. The maximum Gasteiger partial charge on any atom is 0.248 e. The molecule has 168 valence electrons. The summed E-state index contributed by atoms with van der Waals surface area (Å²) in [6.07, 6.45) is 9.64. The van der Waals surface area contributed by atoms with Crippen molar-refractivity contribution in [1.29, 1.82) is 0 Å². The van der Waals surface area contributed by atoms with Crippen LogP contribution < -0.4 is 27.0 Å². The van der Waals surface area contributed by atoms with Crippen LogP contribution in [0.15, 0.2) is 66.3 Å². The molecule has 4 rings (SSSR count). The van der Waals surface area contributed by atoms with Gasteiger partial charge in [-0.25, -0.2) is 14.4 Å². The van der Waals surface area contributed by atoms with E-state index in [2.05, 4.69) is 31.2 Å². The zero-order valence-corrected chi connectivity index (χ0v) is 17.9. The third kappa shape index (κ3) is 4.88. The number of likely N-dealkylation sites (N-methyl/N-ethyl adjacent to an activating group) is 1. The summed E-state index contributed by atoms with van der Waals surface area (Å²) in [6, 6.07) is 7.95. The topological polar surface area (TPSA) is 117 Å². The van der Waals surface area contributed by atoms with Crippen molar-refractivity contribution in [2.75, 3.05) is 12.4 Å². The molecule has 3 atom stereocenters. The van der Waals surface area contributed by atoms with Crippen LogP contribution in [-0.2, 0) is 4.79 Å². The number of benzene rings is 1. The molecule has 1 aromatic heterocycles. The first-order valence-corrected chi connectivity index (χ1v) is 10.8. The molecule has 0 bridgehead atoms. The third-order valence-electron chi connectivity index (χ3n) is 5.94. The standard InChI is InChI=1S/C23H28FN7O/c1-26-19-7-2-3-8-20(19)30-23-18(24)10-17(21(25)32)22(31-23)29-16-6-4-5-14(9-16)15-11-27-13-28-12-15/h4-6,9-13,19-20,22,26,29-31H,2-3,7-8H2,1H3,(H2,25,32)/t19-,20+,22?/m0/s1. The van der Waals surface area contributed by atoms with Crippen molar-refractivity contribution < 1.29 is 9.18 Å². The van der Waals surface area contributed by atoms with Crippen LogP contribution in [0.2, 0.25) is 0 Å². The Labute approximate surface area is 186 Å². The van der Waals surface area contributed by atoms with Gasteiger partial charge in [0.15, 0.2) is 5.83 Å². The Balaban J connectivity index is 1.55. The molecule has 9 heteroatoms. The van der Waals surface area contributed by atoms with Gasteiger partial charge in [0.05, 0.1) is 5.57 Å².